The number of hydrogen-bond donors (Lipinski definition) is 1. The number of nitrogens with zero attached hydrogens (tertiary/aromatic N) is 1. The van der Waals surface area contributed by atoms with Crippen molar-refractivity contribution < 1.29 is 9.66 Å². The van der Waals surface area contributed by atoms with Crippen LogP contribution in [0.3, 0.4) is 0 Å². The third kappa shape index (κ3) is 2.89. The molecule has 0 saturated heterocycles. The number of ether oxygens (including phenoxy) is 1. The molecule has 0 spiro atoms. The van der Waals surface area contributed by atoms with Gasteiger partial charge in [0, 0.05) is 12.6 Å². The van der Waals surface area contributed by atoms with E-state index in [2.05, 4.69) is 0 Å². The lowest BCUT2D eigenvalue weighted by Crippen LogP contribution is -1.98. The van der Waals surface area contributed by atoms with Crippen LogP contribution in [0.1, 0.15) is 11.1 Å². The van der Waals surface area contributed by atoms with Crippen LogP contribution in [-0.4, -0.2) is 4.92 Å². The normalized spacial score (nSPS) is 10.2. The molecule has 98 valence electrons. The summed E-state index contributed by atoms with van der Waals surface area (Å²) in [4.78, 5) is 10.4. The van der Waals surface area contributed by atoms with Gasteiger partial charge in [0.2, 0.25) is 5.75 Å². The SMILES string of the molecule is Cc1cc(CN)ccc1Oc1ccccc1[N+](=O)[O-]. The van der Waals surface area contributed by atoms with E-state index in [0.717, 1.165) is 11.1 Å². The Labute approximate surface area is 110 Å². The highest BCUT2D eigenvalue weighted by Crippen LogP contribution is 2.32. The van der Waals surface area contributed by atoms with Crippen LogP contribution >= 0.6 is 0 Å². The fraction of sp³-hybridized carbons (Fsp3) is 0.143. The molecule has 5 heteroatoms. The van der Waals surface area contributed by atoms with Crippen molar-refractivity contribution in [2.45, 2.75) is 13.5 Å². The molecule has 0 aliphatic rings. The lowest BCUT2D eigenvalue weighted by atomic mass is 10.1. The summed E-state index contributed by atoms with van der Waals surface area (Å²) < 4.78 is 5.62. The van der Waals surface area contributed by atoms with Gasteiger partial charge in [0.15, 0.2) is 0 Å². The molecule has 0 heterocycles. The minimum Gasteiger partial charge on any atom is -0.450 e. The quantitative estimate of drug-likeness (QED) is 0.675. The molecule has 2 aromatic carbocycles. The average Bonchev–Trinajstić information content (AvgIpc) is 2.41. The number of nitro benzene ring substituents is 1. The molecule has 2 rings (SSSR count). The van der Waals surface area contributed by atoms with Gasteiger partial charge in [-0.05, 0) is 30.2 Å². The van der Waals surface area contributed by atoms with E-state index >= 15 is 0 Å². The van der Waals surface area contributed by atoms with Crippen molar-refractivity contribution in [1.29, 1.82) is 0 Å². The van der Waals surface area contributed by atoms with Gasteiger partial charge in [0.1, 0.15) is 5.75 Å². The van der Waals surface area contributed by atoms with Crippen LogP contribution in [0.15, 0.2) is 42.5 Å². The van der Waals surface area contributed by atoms with Crippen LogP contribution in [0, 0.1) is 17.0 Å². The van der Waals surface area contributed by atoms with E-state index in [9.17, 15) is 10.1 Å². The molecular weight excluding hydrogens is 244 g/mol. The second kappa shape index (κ2) is 5.49. The Kier molecular flexibility index (Phi) is 3.77. The summed E-state index contributed by atoms with van der Waals surface area (Å²) in [7, 11) is 0. The average molecular weight is 258 g/mol. The summed E-state index contributed by atoms with van der Waals surface area (Å²) in [5, 5.41) is 10.9. The van der Waals surface area contributed by atoms with Crippen molar-refractivity contribution >= 4 is 5.69 Å². The van der Waals surface area contributed by atoms with E-state index in [-0.39, 0.29) is 11.4 Å². The van der Waals surface area contributed by atoms with Crippen molar-refractivity contribution in [1.82, 2.24) is 0 Å². The number of nitro groups is 1. The highest BCUT2D eigenvalue weighted by Gasteiger charge is 2.15. The van der Waals surface area contributed by atoms with Crippen molar-refractivity contribution in [3.63, 3.8) is 0 Å². The summed E-state index contributed by atoms with van der Waals surface area (Å²) in [6.07, 6.45) is 0. The Morgan fingerprint density at radius 3 is 2.58 bits per heavy atom. The number of aryl methyl sites for hydroxylation is 1. The largest absolute Gasteiger partial charge is 0.450 e. The van der Waals surface area contributed by atoms with Gasteiger partial charge >= 0.3 is 5.69 Å². The summed E-state index contributed by atoms with van der Waals surface area (Å²) in [6, 6.07) is 11.8. The minimum atomic E-state index is -0.459. The minimum absolute atomic E-state index is 0.0511. The first-order chi connectivity index (χ1) is 9.11. The standard InChI is InChI=1S/C14H14N2O3/c1-10-8-11(9-15)6-7-13(10)19-14-5-3-2-4-12(14)16(17)18/h2-8H,9,15H2,1H3. The fourth-order valence-electron chi connectivity index (χ4n) is 1.77. The molecule has 0 fully saturated rings. The molecule has 0 radical (unpaired) electrons. The molecule has 0 aliphatic heterocycles. The van der Waals surface area contributed by atoms with Gasteiger partial charge in [-0.25, -0.2) is 0 Å². The predicted octanol–water partition coefficient (Wildman–Crippen LogP) is 3.15. The van der Waals surface area contributed by atoms with Crippen LogP contribution < -0.4 is 10.5 Å². The topological polar surface area (TPSA) is 78.4 Å². The molecule has 0 atom stereocenters. The predicted molar refractivity (Wildman–Crippen MR) is 72.2 cm³/mol. The Balaban J connectivity index is 2.34. The second-order valence-corrected chi connectivity index (χ2v) is 4.13. The zero-order chi connectivity index (χ0) is 13.8. The first kappa shape index (κ1) is 13.0. The van der Waals surface area contributed by atoms with Gasteiger partial charge < -0.3 is 10.5 Å². The van der Waals surface area contributed by atoms with Crippen LogP contribution in [0.5, 0.6) is 11.5 Å². The molecule has 0 aromatic heterocycles. The fourth-order valence-corrected chi connectivity index (χ4v) is 1.77. The van der Waals surface area contributed by atoms with Crippen LogP contribution in [0.4, 0.5) is 5.69 Å². The van der Waals surface area contributed by atoms with Gasteiger partial charge in [0.05, 0.1) is 4.92 Å². The molecule has 2 N–H and O–H groups in total. The van der Waals surface area contributed by atoms with Crippen LogP contribution in [-0.2, 0) is 6.54 Å². The van der Waals surface area contributed by atoms with E-state index in [1.165, 1.54) is 6.07 Å². The molecule has 0 aliphatic carbocycles. The van der Waals surface area contributed by atoms with Gasteiger partial charge in [-0.15, -0.1) is 0 Å². The van der Waals surface area contributed by atoms with Crippen LogP contribution in [0.2, 0.25) is 0 Å². The molecule has 2 aromatic rings. The Hall–Kier alpha value is -2.40. The maximum absolute atomic E-state index is 10.9. The second-order valence-electron chi connectivity index (χ2n) is 4.13. The maximum Gasteiger partial charge on any atom is 0.311 e. The third-order valence-electron chi connectivity index (χ3n) is 2.76. The number of rotatable bonds is 4. The Morgan fingerprint density at radius 1 is 1.21 bits per heavy atom. The molecule has 19 heavy (non-hydrogen) atoms. The van der Waals surface area contributed by atoms with E-state index < -0.39 is 4.92 Å². The first-order valence-electron chi connectivity index (χ1n) is 5.82. The number of hydrogen-bond acceptors (Lipinski definition) is 4. The van der Waals surface area contributed by atoms with Crippen molar-refractivity contribution in [3.8, 4) is 11.5 Å². The number of nitrogens with two attached hydrogens (primary N) is 1. The molecule has 0 bridgehead atoms. The van der Waals surface area contributed by atoms with E-state index in [4.69, 9.17) is 10.5 Å². The van der Waals surface area contributed by atoms with E-state index in [1.807, 2.05) is 19.1 Å². The van der Waals surface area contributed by atoms with Crippen LogP contribution in [0.25, 0.3) is 0 Å². The number of benzene rings is 2. The van der Waals surface area contributed by atoms with E-state index in [0.29, 0.717) is 12.3 Å². The highest BCUT2D eigenvalue weighted by atomic mass is 16.6. The Morgan fingerprint density at radius 2 is 1.95 bits per heavy atom. The lowest BCUT2D eigenvalue weighted by molar-refractivity contribution is -0.385. The highest BCUT2D eigenvalue weighted by molar-refractivity contribution is 5.49. The first-order valence-corrected chi connectivity index (χ1v) is 5.82. The summed E-state index contributed by atoms with van der Waals surface area (Å²) in [5.41, 5.74) is 7.39. The van der Waals surface area contributed by atoms with Gasteiger partial charge in [0.25, 0.3) is 0 Å². The Bertz CT molecular complexity index is 611. The summed E-state index contributed by atoms with van der Waals surface area (Å²) in [5.74, 6) is 0.822. The van der Waals surface area contributed by atoms with Gasteiger partial charge in [-0.3, -0.25) is 10.1 Å². The molecule has 0 unspecified atom stereocenters. The number of para-hydroxylation sites is 2. The van der Waals surface area contributed by atoms with E-state index in [1.54, 1.807) is 24.3 Å². The molecular formula is C14H14N2O3. The summed E-state index contributed by atoms with van der Waals surface area (Å²) >= 11 is 0. The smallest absolute Gasteiger partial charge is 0.311 e. The molecule has 5 nitrogen and oxygen atoms in total. The zero-order valence-electron chi connectivity index (χ0n) is 10.5. The monoisotopic (exact) mass is 258 g/mol. The third-order valence-corrected chi connectivity index (χ3v) is 2.76. The lowest BCUT2D eigenvalue weighted by Gasteiger charge is -2.10. The van der Waals surface area contributed by atoms with Crippen molar-refractivity contribution in [2.75, 3.05) is 0 Å². The van der Waals surface area contributed by atoms with Gasteiger partial charge in [-0.2, -0.15) is 0 Å². The zero-order valence-corrected chi connectivity index (χ0v) is 10.5. The van der Waals surface area contributed by atoms with Crippen molar-refractivity contribution in [2.24, 2.45) is 5.73 Å². The van der Waals surface area contributed by atoms with Gasteiger partial charge in [-0.1, -0.05) is 24.3 Å². The summed E-state index contributed by atoms with van der Waals surface area (Å²) in [6.45, 7) is 2.33. The molecule has 0 amide bonds. The molecule has 0 saturated carbocycles. The maximum atomic E-state index is 10.9. The van der Waals surface area contributed by atoms with Crippen molar-refractivity contribution in [3.05, 3.63) is 63.7 Å².